The number of ketones is 2. The lowest BCUT2D eigenvalue weighted by Crippen LogP contribution is -2.56. The number of anilines is 1. The minimum atomic E-state index is -0.804. The number of benzene rings is 1. The lowest BCUT2D eigenvalue weighted by Gasteiger charge is -2.33. The largest absolute Gasteiger partial charge is 0.378 e. The molecule has 8 nitrogen and oxygen atoms in total. The van der Waals surface area contributed by atoms with Crippen molar-refractivity contribution in [2.75, 3.05) is 25.5 Å². The number of nitrogens with one attached hydrogen (secondary N) is 2. The number of hydrogen-bond donors (Lipinski definition) is 2. The number of hydrogen-bond acceptors (Lipinski definition) is 6. The van der Waals surface area contributed by atoms with Crippen LogP contribution in [0.2, 0.25) is 0 Å². The molecule has 2 N–H and O–H groups in total. The molecule has 3 aliphatic rings. The van der Waals surface area contributed by atoms with Crippen LogP contribution in [0.15, 0.2) is 24.3 Å². The van der Waals surface area contributed by atoms with Gasteiger partial charge in [0.15, 0.2) is 11.6 Å². The van der Waals surface area contributed by atoms with E-state index in [4.69, 9.17) is 0 Å². The van der Waals surface area contributed by atoms with E-state index in [0.29, 0.717) is 18.4 Å². The van der Waals surface area contributed by atoms with Crippen LogP contribution in [0, 0.1) is 11.8 Å². The molecule has 4 unspecified atom stereocenters. The average Bonchev–Trinajstić information content (AvgIpc) is 3.56. The predicted octanol–water partition coefficient (Wildman–Crippen LogP) is 2.17. The molecular weight excluding hydrogens is 444 g/mol. The molecule has 2 heterocycles. The highest BCUT2D eigenvalue weighted by molar-refractivity contribution is 6.02. The van der Waals surface area contributed by atoms with E-state index in [9.17, 15) is 19.2 Å². The Morgan fingerprint density at radius 1 is 1.11 bits per heavy atom. The molecular formula is C27H38N4O4. The number of Topliss-reactive ketones (excluding diaryl/α,β-unsaturated/α-hetero) is 2. The van der Waals surface area contributed by atoms with E-state index >= 15 is 0 Å². The summed E-state index contributed by atoms with van der Waals surface area (Å²) in [6.45, 7) is 4.20. The summed E-state index contributed by atoms with van der Waals surface area (Å²) < 4.78 is 0. The van der Waals surface area contributed by atoms with E-state index in [1.165, 1.54) is 4.90 Å². The van der Waals surface area contributed by atoms with Gasteiger partial charge in [0.05, 0.1) is 12.6 Å². The van der Waals surface area contributed by atoms with Crippen LogP contribution < -0.4 is 15.5 Å². The second-order valence-corrected chi connectivity index (χ2v) is 10.9. The van der Waals surface area contributed by atoms with Crippen LogP contribution in [0.3, 0.4) is 0 Å². The molecule has 0 bridgehead atoms. The third kappa shape index (κ3) is 5.27. The molecule has 2 amide bonds. The highest BCUT2D eigenvalue weighted by Gasteiger charge is 2.54. The summed E-state index contributed by atoms with van der Waals surface area (Å²) in [6, 6.07) is 4.95. The van der Waals surface area contributed by atoms with Crippen molar-refractivity contribution in [3.8, 4) is 0 Å². The van der Waals surface area contributed by atoms with Crippen molar-refractivity contribution in [2.24, 2.45) is 11.8 Å². The first-order chi connectivity index (χ1) is 16.7. The summed E-state index contributed by atoms with van der Waals surface area (Å²) in [5, 5.41) is 6.13. The highest BCUT2D eigenvalue weighted by atomic mass is 16.2. The van der Waals surface area contributed by atoms with E-state index < -0.39 is 18.1 Å². The molecule has 0 aromatic heterocycles. The van der Waals surface area contributed by atoms with Crippen LogP contribution in [0.5, 0.6) is 0 Å². The standard InChI is InChI=1S/C27H38N4O4/c1-16(2)13-21(29-26(34)18-9-11-19(12-10-18)30(3)4)27(35)31-22(25(33)17-7-5-6-8-17)14-20-24(31)23(32)15-28-20/h9-12,16-17,20-22,24,28H,5-8,13-15H2,1-4H3,(H,29,34). The second-order valence-electron chi connectivity index (χ2n) is 10.9. The van der Waals surface area contributed by atoms with E-state index in [-0.39, 0.29) is 47.8 Å². The predicted molar refractivity (Wildman–Crippen MR) is 134 cm³/mol. The zero-order chi connectivity index (χ0) is 25.3. The highest BCUT2D eigenvalue weighted by Crippen LogP contribution is 2.35. The lowest BCUT2D eigenvalue weighted by molar-refractivity contribution is -0.145. The van der Waals surface area contributed by atoms with Gasteiger partial charge in [0.2, 0.25) is 5.91 Å². The summed E-state index contributed by atoms with van der Waals surface area (Å²) in [7, 11) is 3.86. The maximum Gasteiger partial charge on any atom is 0.251 e. The molecule has 1 aromatic rings. The Morgan fingerprint density at radius 2 is 1.77 bits per heavy atom. The fourth-order valence-corrected chi connectivity index (χ4v) is 5.83. The first-order valence-electron chi connectivity index (χ1n) is 12.9. The van der Waals surface area contributed by atoms with Crippen LogP contribution >= 0.6 is 0 Å². The molecule has 8 heteroatoms. The minimum absolute atomic E-state index is 0.0439. The average molecular weight is 483 g/mol. The minimum Gasteiger partial charge on any atom is -0.378 e. The van der Waals surface area contributed by atoms with E-state index in [1.54, 1.807) is 12.1 Å². The van der Waals surface area contributed by atoms with Gasteiger partial charge in [0.25, 0.3) is 5.91 Å². The summed E-state index contributed by atoms with van der Waals surface area (Å²) in [5.41, 5.74) is 1.44. The number of fused-ring (bicyclic) bond motifs is 1. The van der Waals surface area contributed by atoms with Crippen molar-refractivity contribution in [2.45, 2.75) is 76.5 Å². The van der Waals surface area contributed by atoms with Crippen LogP contribution in [-0.4, -0.2) is 73.1 Å². The Bertz CT molecular complexity index is 968. The molecule has 35 heavy (non-hydrogen) atoms. The van der Waals surface area contributed by atoms with Crippen molar-refractivity contribution in [1.82, 2.24) is 15.5 Å². The van der Waals surface area contributed by atoms with Gasteiger partial charge >= 0.3 is 0 Å². The SMILES string of the molecule is CC(C)CC(NC(=O)c1ccc(N(C)C)cc1)C(=O)N1C(C(=O)C2CCCC2)CC2NCC(=O)C21. The maximum atomic E-state index is 14.0. The van der Waals surface area contributed by atoms with Crippen LogP contribution in [-0.2, 0) is 14.4 Å². The van der Waals surface area contributed by atoms with Gasteiger partial charge in [-0.2, -0.15) is 0 Å². The van der Waals surface area contributed by atoms with Crippen LogP contribution in [0.1, 0.15) is 62.7 Å². The van der Waals surface area contributed by atoms with E-state index in [2.05, 4.69) is 10.6 Å². The third-order valence-electron chi connectivity index (χ3n) is 7.66. The van der Waals surface area contributed by atoms with Gasteiger partial charge in [-0.05, 0) is 55.9 Å². The Balaban J connectivity index is 1.58. The fraction of sp³-hybridized carbons (Fsp3) is 0.630. The van der Waals surface area contributed by atoms with Gasteiger partial charge in [0, 0.05) is 37.3 Å². The normalized spacial score (nSPS) is 25.1. The van der Waals surface area contributed by atoms with Crippen LogP contribution in [0.25, 0.3) is 0 Å². The molecule has 0 spiro atoms. The molecule has 2 saturated heterocycles. The molecule has 4 rings (SSSR count). The summed E-state index contributed by atoms with van der Waals surface area (Å²) >= 11 is 0. The van der Waals surface area contributed by atoms with Crippen molar-refractivity contribution < 1.29 is 19.2 Å². The van der Waals surface area contributed by atoms with Gasteiger partial charge in [-0.25, -0.2) is 0 Å². The molecule has 1 aliphatic carbocycles. The topological polar surface area (TPSA) is 98.8 Å². The first-order valence-corrected chi connectivity index (χ1v) is 12.9. The Kier molecular flexibility index (Phi) is 7.59. The quantitative estimate of drug-likeness (QED) is 0.589. The van der Waals surface area contributed by atoms with Crippen molar-refractivity contribution in [3.05, 3.63) is 29.8 Å². The fourth-order valence-electron chi connectivity index (χ4n) is 5.83. The second kappa shape index (κ2) is 10.5. The molecule has 1 aromatic carbocycles. The van der Waals surface area contributed by atoms with Gasteiger partial charge in [-0.3, -0.25) is 19.2 Å². The van der Waals surface area contributed by atoms with E-state index in [0.717, 1.165) is 31.4 Å². The zero-order valence-electron chi connectivity index (χ0n) is 21.3. The Hall–Kier alpha value is -2.74. The van der Waals surface area contributed by atoms with Gasteiger partial charge in [0.1, 0.15) is 12.1 Å². The summed E-state index contributed by atoms with van der Waals surface area (Å²) in [6.07, 6.45) is 4.65. The molecule has 0 radical (unpaired) electrons. The number of rotatable bonds is 8. The number of carbonyl (C=O) groups excluding carboxylic acids is 4. The molecule has 2 aliphatic heterocycles. The lowest BCUT2D eigenvalue weighted by atomic mass is 9.94. The molecule has 190 valence electrons. The van der Waals surface area contributed by atoms with Gasteiger partial charge in [-0.15, -0.1) is 0 Å². The first kappa shape index (κ1) is 25.4. The molecule has 3 fully saturated rings. The number of likely N-dealkylation sites (tertiary alicyclic amines) is 1. The Labute approximate surface area is 207 Å². The van der Waals surface area contributed by atoms with E-state index in [1.807, 2.05) is 45.0 Å². The third-order valence-corrected chi connectivity index (χ3v) is 7.66. The maximum absolute atomic E-state index is 14.0. The van der Waals surface area contributed by atoms with Gasteiger partial charge < -0.3 is 20.4 Å². The number of amides is 2. The monoisotopic (exact) mass is 482 g/mol. The molecule has 1 saturated carbocycles. The molecule has 4 atom stereocenters. The van der Waals surface area contributed by atoms with Crippen molar-refractivity contribution >= 4 is 29.1 Å². The van der Waals surface area contributed by atoms with Crippen LogP contribution in [0.4, 0.5) is 5.69 Å². The Morgan fingerprint density at radius 3 is 2.37 bits per heavy atom. The smallest absolute Gasteiger partial charge is 0.251 e. The van der Waals surface area contributed by atoms with Crippen molar-refractivity contribution in [3.63, 3.8) is 0 Å². The number of nitrogens with zero attached hydrogens (tertiary/aromatic N) is 2. The van der Waals surface area contributed by atoms with Crippen molar-refractivity contribution in [1.29, 1.82) is 0 Å². The van der Waals surface area contributed by atoms with Gasteiger partial charge in [-0.1, -0.05) is 26.7 Å². The number of carbonyl (C=O) groups is 4. The summed E-state index contributed by atoms with van der Waals surface area (Å²) in [5.74, 6) is -0.539. The summed E-state index contributed by atoms with van der Waals surface area (Å²) in [4.78, 5) is 56.8. The zero-order valence-corrected chi connectivity index (χ0v) is 21.3.